The van der Waals surface area contributed by atoms with Gasteiger partial charge in [0.1, 0.15) is 6.07 Å². The van der Waals surface area contributed by atoms with Crippen LogP contribution in [0.5, 0.6) is 0 Å². The van der Waals surface area contributed by atoms with Crippen LogP contribution in [0.25, 0.3) is 11.0 Å². The number of aromatic nitrogens is 3. The monoisotopic (exact) mass is 416 g/mol. The highest BCUT2D eigenvalue weighted by Gasteiger charge is 2.18. The van der Waals surface area contributed by atoms with E-state index in [1.54, 1.807) is 6.20 Å². The molecule has 3 heterocycles. The second-order valence-corrected chi connectivity index (χ2v) is 9.95. The maximum atomic E-state index is 9.23. The molecule has 0 bridgehead atoms. The average Bonchev–Trinajstić information content (AvgIpc) is 3.06. The number of nitriles is 1. The Bertz CT molecular complexity index is 1080. The predicted molar refractivity (Wildman–Crippen MR) is 124 cm³/mol. The average molecular weight is 417 g/mol. The van der Waals surface area contributed by atoms with Crippen molar-refractivity contribution in [1.29, 1.82) is 5.26 Å². The first kappa shape index (κ1) is 21.5. The van der Waals surface area contributed by atoms with Gasteiger partial charge in [-0.25, -0.2) is 9.97 Å². The van der Waals surface area contributed by atoms with Crippen LogP contribution in [-0.4, -0.2) is 57.6 Å². The normalized spacial score (nSPS) is 16.0. The Hall–Kier alpha value is -2.75. The molecule has 4 rings (SSSR count). The van der Waals surface area contributed by atoms with E-state index < -0.39 is 0 Å². The molecule has 0 saturated carbocycles. The van der Waals surface area contributed by atoms with Crippen LogP contribution in [0, 0.1) is 16.7 Å². The Morgan fingerprint density at radius 2 is 1.65 bits per heavy atom. The lowest BCUT2D eigenvalue weighted by atomic mass is 9.89. The Labute approximate surface area is 185 Å². The molecule has 0 unspecified atom stereocenters. The van der Waals surface area contributed by atoms with E-state index in [0.717, 1.165) is 56.7 Å². The zero-order chi connectivity index (χ0) is 22.0. The van der Waals surface area contributed by atoms with Gasteiger partial charge in [0.25, 0.3) is 0 Å². The second-order valence-electron chi connectivity index (χ2n) is 9.95. The minimum absolute atomic E-state index is 0.141. The van der Waals surface area contributed by atoms with Crippen LogP contribution in [0.4, 0.5) is 0 Å². The van der Waals surface area contributed by atoms with E-state index in [1.807, 2.05) is 0 Å². The summed E-state index contributed by atoms with van der Waals surface area (Å²) in [4.78, 5) is 13.7. The molecule has 0 spiro atoms. The molecule has 162 valence electrons. The number of hydrogen-bond donors (Lipinski definition) is 0. The Morgan fingerprint density at radius 3 is 2.26 bits per heavy atom. The first-order chi connectivity index (χ1) is 14.8. The van der Waals surface area contributed by atoms with E-state index in [0.29, 0.717) is 0 Å². The maximum Gasteiger partial charge on any atom is 0.232 e. The third-order valence-electron chi connectivity index (χ3n) is 5.89. The Morgan fingerprint density at radius 1 is 1.00 bits per heavy atom. The minimum Gasteiger partial charge on any atom is -0.340 e. The summed E-state index contributed by atoms with van der Waals surface area (Å²) >= 11 is 0. The van der Waals surface area contributed by atoms with Crippen LogP contribution in [0.15, 0.2) is 36.7 Å². The highest BCUT2D eigenvalue weighted by molar-refractivity contribution is 5.79. The number of piperazine rings is 1. The molecule has 31 heavy (non-hydrogen) atoms. The van der Waals surface area contributed by atoms with Gasteiger partial charge in [-0.1, -0.05) is 45.0 Å². The van der Waals surface area contributed by atoms with E-state index in [-0.39, 0.29) is 11.2 Å². The van der Waals surface area contributed by atoms with Crippen molar-refractivity contribution in [1.82, 2.24) is 24.3 Å². The Kier molecular flexibility index (Phi) is 6.08. The summed E-state index contributed by atoms with van der Waals surface area (Å²) in [6, 6.07) is 11.0. The molecule has 1 aliphatic heterocycles. The first-order valence-corrected chi connectivity index (χ1v) is 11.0. The van der Waals surface area contributed by atoms with E-state index >= 15 is 0 Å². The van der Waals surface area contributed by atoms with Crippen LogP contribution in [-0.2, 0) is 19.5 Å². The topological polar surface area (TPSA) is 61.0 Å². The molecule has 0 aliphatic carbocycles. The summed E-state index contributed by atoms with van der Waals surface area (Å²) in [5, 5.41) is 9.23. The quantitative estimate of drug-likeness (QED) is 0.635. The van der Waals surface area contributed by atoms with Gasteiger partial charge < -0.3 is 9.47 Å². The molecule has 1 aliphatic rings. The zero-order valence-electron chi connectivity index (χ0n) is 19.1. The lowest BCUT2D eigenvalue weighted by Gasteiger charge is -2.32. The minimum atomic E-state index is 0.141. The number of hydrogen-bond acceptors (Lipinski definition) is 5. The van der Waals surface area contributed by atoms with E-state index in [4.69, 9.17) is 0 Å². The van der Waals surface area contributed by atoms with Crippen molar-refractivity contribution < 1.29 is 0 Å². The molecular formula is C25H32N6. The van der Waals surface area contributed by atoms with Gasteiger partial charge in [-0.15, -0.1) is 0 Å². The highest BCUT2D eigenvalue weighted by Crippen LogP contribution is 2.27. The zero-order valence-corrected chi connectivity index (χ0v) is 19.1. The molecule has 0 radical (unpaired) electrons. The van der Waals surface area contributed by atoms with E-state index in [2.05, 4.69) is 88.7 Å². The summed E-state index contributed by atoms with van der Waals surface area (Å²) < 4.78 is 2.22. The predicted octanol–water partition coefficient (Wildman–Crippen LogP) is 3.69. The fraction of sp³-hybridized carbons (Fsp3) is 0.480. The molecule has 0 amide bonds. The number of benzene rings is 1. The lowest BCUT2D eigenvalue weighted by molar-refractivity contribution is 0.148. The van der Waals surface area contributed by atoms with Gasteiger partial charge in [0, 0.05) is 45.5 Å². The molecule has 6 heteroatoms. The molecule has 2 aromatic heterocycles. The van der Waals surface area contributed by atoms with Gasteiger partial charge in [0.2, 0.25) is 5.82 Å². The molecule has 0 N–H and O–H groups in total. The summed E-state index contributed by atoms with van der Waals surface area (Å²) in [6.07, 6.45) is 4.88. The SMILES string of the molecule is CN1CCN(Cc2ccc(Cn3cc(CC(C)(C)C)c4nc(C#N)ncc43)cc2)CC1. The standard InChI is InChI=1S/C25H32N6/c1-25(2,3)13-21-18-31(22-15-27-23(14-26)28-24(21)22)17-20-7-5-19(6-8-20)16-30-11-9-29(4)10-12-30/h5-8,15,18H,9-13,16-17H2,1-4H3. The maximum absolute atomic E-state index is 9.23. The van der Waals surface area contributed by atoms with Crippen LogP contribution >= 0.6 is 0 Å². The fourth-order valence-electron chi connectivity index (χ4n) is 4.24. The van der Waals surface area contributed by atoms with E-state index in [1.165, 1.54) is 16.7 Å². The second kappa shape index (κ2) is 8.78. The number of likely N-dealkylation sites (N-methyl/N-ethyl adjacent to an activating group) is 1. The summed E-state index contributed by atoms with van der Waals surface area (Å²) in [5.74, 6) is 0.230. The number of fused-ring (bicyclic) bond motifs is 1. The van der Waals surface area contributed by atoms with Crippen molar-refractivity contribution in [3.05, 3.63) is 59.2 Å². The van der Waals surface area contributed by atoms with Crippen LogP contribution in [0.3, 0.4) is 0 Å². The summed E-state index contributed by atoms with van der Waals surface area (Å²) in [6.45, 7) is 13.0. The summed E-state index contributed by atoms with van der Waals surface area (Å²) in [5.41, 5.74) is 5.81. The molecule has 0 atom stereocenters. The van der Waals surface area contributed by atoms with Crippen molar-refractivity contribution in [3.8, 4) is 6.07 Å². The lowest BCUT2D eigenvalue weighted by Crippen LogP contribution is -2.43. The third kappa shape index (κ3) is 5.30. The smallest absolute Gasteiger partial charge is 0.232 e. The summed E-state index contributed by atoms with van der Waals surface area (Å²) in [7, 11) is 2.19. The van der Waals surface area contributed by atoms with Crippen molar-refractivity contribution in [3.63, 3.8) is 0 Å². The largest absolute Gasteiger partial charge is 0.340 e. The van der Waals surface area contributed by atoms with Gasteiger partial charge in [-0.3, -0.25) is 4.90 Å². The van der Waals surface area contributed by atoms with Crippen LogP contribution < -0.4 is 0 Å². The molecule has 3 aromatic rings. The molecule has 1 fully saturated rings. The molecular weight excluding hydrogens is 384 g/mol. The van der Waals surface area contributed by atoms with Gasteiger partial charge >= 0.3 is 0 Å². The molecule has 1 saturated heterocycles. The first-order valence-electron chi connectivity index (χ1n) is 11.0. The molecule has 1 aromatic carbocycles. The van der Waals surface area contributed by atoms with Gasteiger partial charge in [-0.05, 0) is 35.6 Å². The van der Waals surface area contributed by atoms with Crippen molar-refractivity contribution in [2.45, 2.75) is 40.3 Å². The van der Waals surface area contributed by atoms with Crippen molar-refractivity contribution in [2.24, 2.45) is 5.41 Å². The van der Waals surface area contributed by atoms with Crippen LogP contribution in [0.2, 0.25) is 0 Å². The highest BCUT2D eigenvalue weighted by atomic mass is 15.2. The number of nitrogens with zero attached hydrogens (tertiary/aromatic N) is 6. The van der Waals surface area contributed by atoms with Gasteiger partial charge in [0.05, 0.1) is 17.2 Å². The number of rotatable bonds is 5. The van der Waals surface area contributed by atoms with Crippen molar-refractivity contribution in [2.75, 3.05) is 33.2 Å². The molecule has 6 nitrogen and oxygen atoms in total. The van der Waals surface area contributed by atoms with Gasteiger partial charge in [-0.2, -0.15) is 5.26 Å². The fourth-order valence-corrected chi connectivity index (χ4v) is 4.24. The van der Waals surface area contributed by atoms with Crippen LogP contribution in [0.1, 0.15) is 43.3 Å². The Balaban J connectivity index is 1.53. The van der Waals surface area contributed by atoms with Gasteiger partial charge in [0.15, 0.2) is 0 Å². The van der Waals surface area contributed by atoms with Crippen molar-refractivity contribution >= 4 is 11.0 Å². The third-order valence-corrected chi connectivity index (χ3v) is 5.89. The van der Waals surface area contributed by atoms with E-state index in [9.17, 15) is 5.26 Å².